The highest BCUT2D eigenvalue weighted by Gasteiger charge is 2.35. The molecule has 1 fully saturated rings. The zero-order chi connectivity index (χ0) is 9.42. The van der Waals surface area contributed by atoms with Crippen molar-refractivity contribution in [3.63, 3.8) is 0 Å². The lowest BCUT2D eigenvalue weighted by molar-refractivity contribution is -0.132. The van der Waals surface area contributed by atoms with Crippen LogP contribution in [0.1, 0.15) is 39.5 Å². The summed E-state index contributed by atoms with van der Waals surface area (Å²) in [4.78, 5) is 11.5. The standard InChI is InChI=1S/C10H16N2O/c1-7(2)9-5-6-10(13)12(11-9)8-3-4-8/h7-8H,3-6H2,1-2H3. The molecule has 1 amide bonds. The van der Waals surface area contributed by atoms with Gasteiger partial charge in [-0.25, -0.2) is 5.01 Å². The van der Waals surface area contributed by atoms with Gasteiger partial charge in [-0.3, -0.25) is 4.79 Å². The van der Waals surface area contributed by atoms with Gasteiger partial charge in [0.1, 0.15) is 0 Å². The minimum atomic E-state index is 0.215. The van der Waals surface area contributed by atoms with E-state index in [0.717, 1.165) is 19.3 Å². The molecule has 72 valence electrons. The van der Waals surface area contributed by atoms with Crippen LogP contribution in [0.2, 0.25) is 0 Å². The summed E-state index contributed by atoms with van der Waals surface area (Å²) in [6.45, 7) is 4.28. The molecule has 3 heteroatoms. The number of carbonyl (C=O) groups is 1. The van der Waals surface area contributed by atoms with Crippen molar-refractivity contribution in [1.82, 2.24) is 5.01 Å². The summed E-state index contributed by atoms with van der Waals surface area (Å²) in [5.41, 5.74) is 1.19. The fourth-order valence-corrected chi connectivity index (χ4v) is 1.60. The monoisotopic (exact) mass is 180 g/mol. The third kappa shape index (κ3) is 1.74. The average molecular weight is 180 g/mol. The van der Waals surface area contributed by atoms with Crippen molar-refractivity contribution in [1.29, 1.82) is 0 Å². The van der Waals surface area contributed by atoms with E-state index in [1.54, 1.807) is 5.01 Å². The van der Waals surface area contributed by atoms with E-state index in [9.17, 15) is 4.79 Å². The van der Waals surface area contributed by atoms with Crippen LogP contribution >= 0.6 is 0 Å². The van der Waals surface area contributed by atoms with E-state index in [1.807, 2.05) is 0 Å². The highest BCUT2D eigenvalue weighted by molar-refractivity contribution is 5.93. The van der Waals surface area contributed by atoms with Crippen molar-refractivity contribution in [2.24, 2.45) is 11.0 Å². The van der Waals surface area contributed by atoms with Gasteiger partial charge in [0.05, 0.1) is 6.04 Å². The second-order valence-corrected chi connectivity index (χ2v) is 4.22. The third-order valence-electron chi connectivity index (χ3n) is 2.65. The van der Waals surface area contributed by atoms with E-state index in [0.29, 0.717) is 18.4 Å². The fourth-order valence-electron chi connectivity index (χ4n) is 1.60. The quantitative estimate of drug-likeness (QED) is 0.637. The summed E-state index contributed by atoms with van der Waals surface area (Å²) in [5.74, 6) is 0.696. The number of rotatable bonds is 2. The average Bonchev–Trinajstić information content (AvgIpc) is 2.87. The number of amides is 1. The van der Waals surface area contributed by atoms with E-state index >= 15 is 0 Å². The molecule has 0 radical (unpaired) electrons. The Balaban J connectivity index is 2.13. The Labute approximate surface area is 78.8 Å². The summed E-state index contributed by atoms with van der Waals surface area (Å²) >= 11 is 0. The van der Waals surface area contributed by atoms with Crippen LogP contribution in [0.3, 0.4) is 0 Å². The van der Waals surface area contributed by atoms with Gasteiger partial charge in [0, 0.05) is 12.1 Å². The Kier molecular flexibility index (Phi) is 2.10. The minimum Gasteiger partial charge on any atom is -0.273 e. The molecule has 1 heterocycles. The summed E-state index contributed by atoms with van der Waals surface area (Å²) < 4.78 is 0. The number of hydrazone groups is 1. The van der Waals surface area contributed by atoms with Crippen LogP contribution in [-0.2, 0) is 4.79 Å². The van der Waals surface area contributed by atoms with Crippen molar-refractivity contribution in [3.8, 4) is 0 Å². The molecule has 0 saturated heterocycles. The highest BCUT2D eigenvalue weighted by Crippen LogP contribution is 2.30. The number of carbonyl (C=O) groups excluding carboxylic acids is 1. The predicted molar refractivity (Wildman–Crippen MR) is 51.4 cm³/mol. The maximum Gasteiger partial charge on any atom is 0.243 e. The summed E-state index contributed by atoms with van der Waals surface area (Å²) in [6.07, 6.45) is 3.80. The van der Waals surface area contributed by atoms with Crippen molar-refractivity contribution in [3.05, 3.63) is 0 Å². The Hall–Kier alpha value is -0.860. The van der Waals surface area contributed by atoms with Crippen LogP contribution in [0.5, 0.6) is 0 Å². The first kappa shape index (κ1) is 8.73. The van der Waals surface area contributed by atoms with Crippen LogP contribution in [-0.4, -0.2) is 22.7 Å². The first-order chi connectivity index (χ1) is 6.18. The topological polar surface area (TPSA) is 32.7 Å². The molecule has 2 rings (SSSR count). The molecule has 0 aromatic rings. The number of hydrogen-bond acceptors (Lipinski definition) is 2. The van der Waals surface area contributed by atoms with Crippen LogP contribution in [0.15, 0.2) is 5.10 Å². The molecule has 0 atom stereocenters. The molecule has 13 heavy (non-hydrogen) atoms. The van der Waals surface area contributed by atoms with Crippen molar-refractivity contribution < 1.29 is 4.79 Å². The van der Waals surface area contributed by atoms with Gasteiger partial charge in [-0.1, -0.05) is 13.8 Å². The number of hydrogen-bond donors (Lipinski definition) is 0. The normalized spacial score (nSPS) is 23.8. The van der Waals surface area contributed by atoms with E-state index in [4.69, 9.17) is 0 Å². The summed E-state index contributed by atoms with van der Waals surface area (Å²) in [6, 6.07) is 0.432. The van der Waals surface area contributed by atoms with Gasteiger partial charge in [-0.15, -0.1) is 0 Å². The summed E-state index contributed by atoms with van der Waals surface area (Å²) in [7, 11) is 0. The van der Waals surface area contributed by atoms with Crippen LogP contribution < -0.4 is 0 Å². The third-order valence-corrected chi connectivity index (χ3v) is 2.65. The molecule has 0 unspecified atom stereocenters. The van der Waals surface area contributed by atoms with E-state index in [2.05, 4.69) is 18.9 Å². The lowest BCUT2D eigenvalue weighted by Crippen LogP contribution is -2.34. The number of nitrogens with zero attached hydrogens (tertiary/aromatic N) is 2. The first-order valence-corrected chi connectivity index (χ1v) is 5.08. The smallest absolute Gasteiger partial charge is 0.243 e. The van der Waals surface area contributed by atoms with Gasteiger partial charge < -0.3 is 0 Å². The van der Waals surface area contributed by atoms with Crippen LogP contribution in [0, 0.1) is 5.92 Å². The van der Waals surface area contributed by atoms with Gasteiger partial charge in [0.2, 0.25) is 5.91 Å². The lowest BCUT2D eigenvalue weighted by Gasteiger charge is -2.24. The second kappa shape index (κ2) is 3.13. The fraction of sp³-hybridized carbons (Fsp3) is 0.800. The van der Waals surface area contributed by atoms with Gasteiger partial charge >= 0.3 is 0 Å². The molecule has 0 aromatic carbocycles. The molecular weight excluding hydrogens is 164 g/mol. The van der Waals surface area contributed by atoms with E-state index in [1.165, 1.54) is 5.71 Å². The maximum absolute atomic E-state index is 11.5. The Morgan fingerprint density at radius 1 is 1.38 bits per heavy atom. The molecule has 0 bridgehead atoms. The molecule has 0 aromatic heterocycles. The van der Waals surface area contributed by atoms with Crippen LogP contribution in [0.4, 0.5) is 0 Å². The molecule has 3 nitrogen and oxygen atoms in total. The predicted octanol–water partition coefficient (Wildman–Crippen LogP) is 1.78. The molecule has 1 aliphatic carbocycles. The lowest BCUT2D eigenvalue weighted by atomic mass is 10.0. The zero-order valence-corrected chi connectivity index (χ0v) is 8.29. The Morgan fingerprint density at radius 2 is 2.08 bits per heavy atom. The van der Waals surface area contributed by atoms with Crippen molar-refractivity contribution >= 4 is 11.6 Å². The minimum absolute atomic E-state index is 0.215. The molecule has 1 saturated carbocycles. The zero-order valence-electron chi connectivity index (χ0n) is 8.29. The van der Waals surface area contributed by atoms with Gasteiger partial charge in [0.25, 0.3) is 0 Å². The van der Waals surface area contributed by atoms with Crippen LogP contribution in [0.25, 0.3) is 0 Å². The first-order valence-electron chi connectivity index (χ1n) is 5.08. The molecule has 1 aliphatic heterocycles. The molecular formula is C10H16N2O. The largest absolute Gasteiger partial charge is 0.273 e. The van der Waals surface area contributed by atoms with E-state index in [-0.39, 0.29) is 5.91 Å². The molecule has 2 aliphatic rings. The Bertz CT molecular complexity index is 254. The van der Waals surface area contributed by atoms with E-state index < -0.39 is 0 Å². The molecule has 0 N–H and O–H groups in total. The Morgan fingerprint density at radius 3 is 2.62 bits per heavy atom. The van der Waals surface area contributed by atoms with Gasteiger partial charge in [-0.05, 0) is 25.2 Å². The summed E-state index contributed by atoms with van der Waals surface area (Å²) in [5, 5.41) is 6.15. The molecule has 0 spiro atoms. The SMILES string of the molecule is CC(C)C1=NN(C2CC2)C(=O)CC1. The van der Waals surface area contributed by atoms with Crippen molar-refractivity contribution in [2.75, 3.05) is 0 Å². The van der Waals surface area contributed by atoms with Gasteiger partial charge in [-0.2, -0.15) is 5.10 Å². The highest BCUT2D eigenvalue weighted by atomic mass is 16.2. The van der Waals surface area contributed by atoms with Gasteiger partial charge in [0.15, 0.2) is 0 Å². The van der Waals surface area contributed by atoms with Crippen molar-refractivity contribution in [2.45, 2.75) is 45.6 Å². The maximum atomic E-state index is 11.5. The second-order valence-electron chi connectivity index (χ2n) is 4.22.